The first-order valence-corrected chi connectivity index (χ1v) is 5.58. The van der Waals surface area contributed by atoms with Crippen LogP contribution in [0.15, 0.2) is 34.2 Å². The van der Waals surface area contributed by atoms with Crippen LogP contribution >= 0.6 is 11.3 Å². The lowest BCUT2D eigenvalue weighted by molar-refractivity contribution is -0.111. The molecule has 2 heterocycles. The van der Waals surface area contributed by atoms with Crippen molar-refractivity contribution in [3.8, 4) is 0 Å². The number of nitrogens with one attached hydrogen (secondary N) is 1. The van der Waals surface area contributed by atoms with Crippen LogP contribution in [0.2, 0.25) is 0 Å². The summed E-state index contributed by atoms with van der Waals surface area (Å²) in [4.78, 5) is 12.5. The fraction of sp³-hybridized carbons (Fsp3) is 0.0909. The number of carbonyl (C=O) groups is 1. The maximum absolute atomic E-state index is 11.4. The van der Waals surface area contributed by atoms with E-state index in [0.717, 1.165) is 4.88 Å². The Morgan fingerprint density at radius 3 is 3.12 bits per heavy atom. The molecule has 2 aromatic heterocycles. The van der Waals surface area contributed by atoms with Gasteiger partial charge in [-0.05, 0) is 24.4 Å². The maximum atomic E-state index is 11.4. The third-order valence-corrected chi connectivity index (χ3v) is 2.66. The molecule has 1 N–H and O–H groups in total. The average molecular weight is 234 g/mol. The first kappa shape index (κ1) is 10.6. The Balaban J connectivity index is 1.94. The van der Waals surface area contributed by atoms with Gasteiger partial charge < -0.3 is 9.84 Å². The third-order valence-electron chi connectivity index (χ3n) is 1.82. The van der Waals surface area contributed by atoms with E-state index in [1.54, 1.807) is 30.4 Å². The van der Waals surface area contributed by atoms with Gasteiger partial charge in [0, 0.05) is 17.0 Å². The molecule has 0 unspecified atom stereocenters. The Labute approximate surface area is 96.6 Å². The molecule has 16 heavy (non-hydrogen) atoms. The van der Waals surface area contributed by atoms with Crippen molar-refractivity contribution in [1.29, 1.82) is 0 Å². The molecule has 0 aliphatic carbocycles. The van der Waals surface area contributed by atoms with Crippen LogP contribution in [0.4, 0.5) is 5.82 Å². The molecule has 4 nitrogen and oxygen atoms in total. The van der Waals surface area contributed by atoms with Crippen LogP contribution in [0, 0.1) is 6.92 Å². The second kappa shape index (κ2) is 4.76. The summed E-state index contributed by atoms with van der Waals surface area (Å²) in [5, 5.41) is 8.22. The summed E-state index contributed by atoms with van der Waals surface area (Å²) >= 11 is 1.57. The summed E-state index contributed by atoms with van der Waals surface area (Å²) in [5.74, 6) is 0.873. The molecule has 0 fully saturated rings. The molecule has 0 spiro atoms. The number of hydrogen-bond acceptors (Lipinski definition) is 4. The highest BCUT2D eigenvalue weighted by Gasteiger charge is 2.02. The monoisotopic (exact) mass is 234 g/mol. The molecule has 0 saturated heterocycles. The quantitative estimate of drug-likeness (QED) is 0.831. The SMILES string of the molecule is Cc1cc(NC(=O)C=Cc2cccs2)no1. The van der Waals surface area contributed by atoms with Gasteiger partial charge in [0.2, 0.25) is 5.91 Å². The lowest BCUT2D eigenvalue weighted by Crippen LogP contribution is -2.07. The molecule has 1 amide bonds. The number of hydrogen-bond donors (Lipinski definition) is 1. The summed E-state index contributed by atoms with van der Waals surface area (Å²) in [6.07, 6.45) is 3.22. The van der Waals surface area contributed by atoms with Crippen molar-refractivity contribution in [2.24, 2.45) is 0 Å². The molecule has 0 saturated carbocycles. The van der Waals surface area contributed by atoms with E-state index in [2.05, 4.69) is 10.5 Å². The van der Waals surface area contributed by atoms with Crippen molar-refractivity contribution in [2.45, 2.75) is 6.92 Å². The van der Waals surface area contributed by atoms with E-state index in [1.165, 1.54) is 6.08 Å². The van der Waals surface area contributed by atoms with Crippen LogP contribution < -0.4 is 5.32 Å². The highest BCUT2D eigenvalue weighted by Crippen LogP contribution is 2.11. The first-order chi connectivity index (χ1) is 7.74. The van der Waals surface area contributed by atoms with Crippen molar-refractivity contribution in [3.63, 3.8) is 0 Å². The van der Waals surface area contributed by atoms with Gasteiger partial charge in [0.05, 0.1) is 0 Å². The van der Waals surface area contributed by atoms with E-state index in [1.807, 2.05) is 17.5 Å². The van der Waals surface area contributed by atoms with Crippen molar-refractivity contribution in [3.05, 3.63) is 40.3 Å². The lowest BCUT2D eigenvalue weighted by atomic mass is 10.4. The number of aryl methyl sites for hydroxylation is 1. The van der Waals surface area contributed by atoms with E-state index in [9.17, 15) is 4.79 Å². The number of carbonyl (C=O) groups excluding carboxylic acids is 1. The largest absolute Gasteiger partial charge is 0.360 e. The number of nitrogens with zero attached hydrogens (tertiary/aromatic N) is 1. The Morgan fingerprint density at radius 2 is 2.50 bits per heavy atom. The van der Waals surface area contributed by atoms with Crippen LogP contribution in [0.5, 0.6) is 0 Å². The van der Waals surface area contributed by atoms with Gasteiger partial charge in [-0.2, -0.15) is 0 Å². The molecule has 2 aromatic rings. The number of aromatic nitrogens is 1. The van der Waals surface area contributed by atoms with Gasteiger partial charge >= 0.3 is 0 Å². The molecule has 82 valence electrons. The summed E-state index contributed by atoms with van der Waals surface area (Å²) in [6.45, 7) is 1.77. The molecule has 0 aliphatic rings. The van der Waals surface area contributed by atoms with Crippen LogP contribution in [0.1, 0.15) is 10.6 Å². The van der Waals surface area contributed by atoms with Crippen LogP contribution in [0.3, 0.4) is 0 Å². The molecule has 0 aliphatic heterocycles. The van der Waals surface area contributed by atoms with Gasteiger partial charge in [-0.15, -0.1) is 11.3 Å². The minimum atomic E-state index is -0.221. The number of thiophene rings is 1. The summed E-state index contributed by atoms with van der Waals surface area (Å²) < 4.78 is 4.83. The predicted octanol–water partition coefficient (Wildman–Crippen LogP) is 2.70. The molecular weight excluding hydrogens is 224 g/mol. The smallest absolute Gasteiger partial charge is 0.249 e. The molecule has 5 heteroatoms. The molecule has 0 radical (unpaired) electrons. The zero-order valence-electron chi connectivity index (χ0n) is 8.64. The van der Waals surface area contributed by atoms with Crippen molar-refractivity contribution >= 4 is 29.1 Å². The van der Waals surface area contributed by atoms with Crippen molar-refractivity contribution < 1.29 is 9.32 Å². The van der Waals surface area contributed by atoms with Crippen molar-refractivity contribution in [2.75, 3.05) is 5.32 Å². The topological polar surface area (TPSA) is 55.1 Å². The van der Waals surface area contributed by atoms with E-state index in [-0.39, 0.29) is 5.91 Å². The third kappa shape index (κ3) is 2.80. The standard InChI is InChI=1S/C11H10N2O2S/c1-8-7-10(13-15-8)12-11(14)5-4-9-3-2-6-16-9/h2-7H,1H3,(H,12,13,14). The fourth-order valence-electron chi connectivity index (χ4n) is 1.14. The van der Waals surface area contributed by atoms with E-state index < -0.39 is 0 Å². The Morgan fingerprint density at radius 1 is 1.62 bits per heavy atom. The minimum absolute atomic E-state index is 0.221. The van der Waals surface area contributed by atoms with Crippen LogP contribution in [0.25, 0.3) is 6.08 Å². The fourth-order valence-corrected chi connectivity index (χ4v) is 1.76. The number of amides is 1. The van der Waals surface area contributed by atoms with Crippen molar-refractivity contribution in [1.82, 2.24) is 5.16 Å². The average Bonchev–Trinajstić information content (AvgIpc) is 2.87. The molecule has 0 atom stereocenters. The van der Waals surface area contributed by atoms with Gasteiger partial charge in [-0.1, -0.05) is 11.2 Å². The summed E-state index contributed by atoms with van der Waals surface area (Å²) in [5.41, 5.74) is 0. The Kier molecular flexibility index (Phi) is 3.16. The number of rotatable bonds is 3. The Bertz CT molecular complexity index is 500. The predicted molar refractivity (Wildman–Crippen MR) is 63.2 cm³/mol. The van der Waals surface area contributed by atoms with Gasteiger partial charge in [0.25, 0.3) is 0 Å². The van der Waals surface area contributed by atoms with Crippen LogP contribution in [-0.2, 0) is 4.79 Å². The molecule has 0 bridgehead atoms. The van der Waals surface area contributed by atoms with E-state index in [4.69, 9.17) is 4.52 Å². The van der Waals surface area contributed by atoms with Gasteiger partial charge in [-0.3, -0.25) is 4.79 Å². The first-order valence-electron chi connectivity index (χ1n) is 4.70. The zero-order chi connectivity index (χ0) is 11.4. The normalized spacial score (nSPS) is 10.8. The molecule has 0 aromatic carbocycles. The zero-order valence-corrected chi connectivity index (χ0v) is 9.45. The van der Waals surface area contributed by atoms with Gasteiger partial charge in [-0.25, -0.2) is 0 Å². The lowest BCUT2D eigenvalue weighted by Gasteiger charge is -1.93. The maximum Gasteiger partial charge on any atom is 0.249 e. The molecular formula is C11H10N2O2S. The highest BCUT2D eigenvalue weighted by molar-refractivity contribution is 7.10. The van der Waals surface area contributed by atoms with Gasteiger partial charge in [0.15, 0.2) is 5.82 Å². The van der Waals surface area contributed by atoms with Gasteiger partial charge in [0.1, 0.15) is 5.76 Å². The summed E-state index contributed by atoms with van der Waals surface area (Å²) in [7, 11) is 0. The number of anilines is 1. The second-order valence-electron chi connectivity index (χ2n) is 3.16. The molecule has 2 rings (SSSR count). The van der Waals surface area contributed by atoms with E-state index in [0.29, 0.717) is 11.6 Å². The van der Waals surface area contributed by atoms with E-state index >= 15 is 0 Å². The van der Waals surface area contributed by atoms with Crippen LogP contribution in [-0.4, -0.2) is 11.1 Å². The Hall–Kier alpha value is -1.88. The highest BCUT2D eigenvalue weighted by atomic mass is 32.1. The second-order valence-corrected chi connectivity index (χ2v) is 4.14. The summed E-state index contributed by atoms with van der Waals surface area (Å²) in [6, 6.07) is 5.54. The minimum Gasteiger partial charge on any atom is -0.360 e.